The van der Waals surface area contributed by atoms with Gasteiger partial charge < -0.3 is 9.47 Å². The van der Waals surface area contributed by atoms with Gasteiger partial charge in [-0.3, -0.25) is 10.5 Å². The van der Waals surface area contributed by atoms with Crippen molar-refractivity contribution >= 4 is 5.78 Å². The largest absolute Gasteiger partial charge is 0.493 e. The monoisotopic (exact) mass is 237 g/mol. The summed E-state index contributed by atoms with van der Waals surface area (Å²) < 4.78 is 10.4. The van der Waals surface area contributed by atoms with Gasteiger partial charge in [-0.05, 0) is 18.6 Å². The van der Waals surface area contributed by atoms with Gasteiger partial charge in [0.05, 0.1) is 12.2 Å². The third kappa shape index (κ3) is 3.84. The number of ether oxygens (including phenoxy) is 2. The molecule has 0 aliphatic heterocycles. The topological polar surface area (TPSA) is 61.5 Å². The molecule has 1 rings (SSSR count). The van der Waals surface area contributed by atoms with Crippen molar-refractivity contribution in [1.29, 1.82) is 0 Å². The number of ketones is 1. The molecule has 0 bridgehead atoms. The van der Waals surface area contributed by atoms with Gasteiger partial charge in [0.2, 0.25) is 5.78 Å². The predicted octanol–water partition coefficient (Wildman–Crippen LogP) is 1.98. The van der Waals surface area contributed by atoms with Crippen LogP contribution < -0.4 is 10.5 Å². The fraction of sp³-hybridized carbons (Fsp3) is 0.462. The summed E-state index contributed by atoms with van der Waals surface area (Å²) in [6, 6.07) is 7.08. The maximum absolute atomic E-state index is 11.9. The van der Waals surface area contributed by atoms with Gasteiger partial charge in [-0.2, -0.15) is 0 Å². The van der Waals surface area contributed by atoms with E-state index in [9.17, 15) is 4.79 Å². The van der Waals surface area contributed by atoms with Crippen LogP contribution in [0, 0.1) is 0 Å². The molecule has 1 atom stereocenters. The van der Waals surface area contributed by atoms with E-state index in [4.69, 9.17) is 15.2 Å². The number of hydrogen-bond acceptors (Lipinski definition) is 4. The van der Waals surface area contributed by atoms with E-state index in [2.05, 4.69) is 6.92 Å². The van der Waals surface area contributed by atoms with E-state index in [1.54, 1.807) is 18.2 Å². The summed E-state index contributed by atoms with van der Waals surface area (Å²) in [6.45, 7) is 2.68. The molecule has 0 aromatic heterocycles. The van der Waals surface area contributed by atoms with Crippen molar-refractivity contribution in [1.82, 2.24) is 0 Å². The van der Waals surface area contributed by atoms with E-state index >= 15 is 0 Å². The van der Waals surface area contributed by atoms with Crippen LogP contribution in [0.5, 0.6) is 5.75 Å². The fourth-order valence-corrected chi connectivity index (χ4v) is 1.38. The number of hydrogen-bond donors (Lipinski definition) is 1. The fourth-order valence-electron chi connectivity index (χ4n) is 1.38. The highest BCUT2D eigenvalue weighted by molar-refractivity contribution is 6.01. The molecule has 0 saturated carbocycles. The van der Waals surface area contributed by atoms with Gasteiger partial charge >= 0.3 is 0 Å². The molecule has 2 N–H and O–H groups in total. The molecular weight excluding hydrogens is 218 g/mol. The molecule has 0 radical (unpaired) electrons. The number of carbonyl (C=O) groups is 1. The Balaban J connectivity index is 2.80. The summed E-state index contributed by atoms with van der Waals surface area (Å²) in [7, 11) is 1.41. The molecule has 0 saturated heterocycles. The minimum absolute atomic E-state index is 0.264. The quantitative estimate of drug-likeness (QED) is 0.447. The van der Waals surface area contributed by atoms with Gasteiger partial charge in [-0.1, -0.05) is 25.5 Å². The molecule has 0 amide bonds. The van der Waals surface area contributed by atoms with Crippen molar-refractivity contribution in [2.45, 2.75) is 26.0 Å². The molecule has 17 heavy (non-hydrogen) atoms. The highest BCUT2D eigenvalue weighted by Crippen LogP contribution is 2.19. The van der Waals surface area contributed by atoms with Crippen LogP contribution in [0.25, 0.3) is 0 Å². The summed E-state index contributed by atoms with van der Waals surface area (Å²) in [6.07, 6.45) is 1.07. The zero-order valence-electron chi connectivity index (χ0n) is 10.3. The van der Waals surface area contributed by atoms with Crippen molar-refractivity contribution in [3.63, 3.8) is 0 Å². The molecule has 4 heteroatoms. The molecule has 1 aromatic carbocycles. The lowest BCUT2D eigenvalue weighted by Crippen LogP contribution is -2.32. The highest BCUT2D eigenvalue weighted by Gasteiger charge is 2.18. The standard InChI is InChI=1S/C13H19NO3/c1-3-4-9-17-11-8-6-5-7-10(11)12(15)13(14)16-2/h5-8,13H,3-4,9,14H2,1-2H3. The van der Waals surface area contributed by atoms with Gasteiger partial charge in [0.15, 0.2) is 6.23 Å². The Morgan fingerprint density at radius 2 is 2.12 bits per heavy atom. The van der Waals surface area contributed by atoms with Gasteiger partial charge in [-0.15, -0.1) is 0 Å². The summed E-state index contributed by atoms with van der Waals surface area (Å²) in [5.41, 5.74) is 6.02. The predicted molar refractivity (Wildman–Crippen MR) is 66.2 cm³/mol. The van der Waals surface area contributed by atoms with E-state index in [-0.39, 0.29) is 5.78 Å². The van der Waals surface area contributed by atoms with E-state index in [0.717, 1.165) is 12.8 Å². The number of rotatable bonds is 7. The minimum Gasteiger partial charge on any atom is -0.493 e. The van der Waals surface area contributed by atoms with Crippen molar-refractivity contribution in [3.05, 3.63) is 29.8 Å². The van der Waals surface area contributed by atoms with Crippen molar-refractivity contribution in [3.8, 4) is 5.75 Å². The van der Waals surface area contributed by atoms with Crippen molar-refractivity contribution in [2.24, 2.45) is 5.73 Å². The lowest BCUT2D eigenvalue weighted by Gasteiger charge is -2.13. The molecule has 0 spiro atoms. The van der Waals surface area contributed by atoms with Gasteiger partial charge in [0.1, 0.15) is 5.75 Å². The molecule has 0 aliphatic carbocycles. The minimum atomic E-state index is -0.939. The van der Waals surface area contributed by atoms with E-state index in [0.29, 0.717) is 17.9 Å². The number of Topliss-reactive ketones (excluding diaryl/α,β-unsaturated/α-hetero) is 1. The van der Waals surface area contributed by atoms with Gasteiger partial charge in [-0.25, -0.2) is 0 Å². The van der Waals surface area contributed by atoms with Crippen molar-refractivity contribution in [2.75, 3.05) is 13.7 Å². The number of benzene rings is 1. The first kappa shape index (κ1) is 13.7. The van der Waals surface area contributed by atoms with Crippen LogP contribution in [-0.4, -0.2) is 25.7 Å². The third-order valence-corrected chi connectivity index (χ3v) is 2.42. The summed E-state index contributed by atoms with van der Waals surface area (Å²) in [4.78, 5) is 11.9. The van der Waals surface area contributed by atoms with E-state index < -0.39 is 6.23 Å². The number of methoxy groups -OCH3 is 1. The second kappa shape index (κ2) is 7.04. The summed E-state index contributed by atoms with van der Waals surface area (Å²) in [5, 5.41) is 0. The Bertz CT molecular complexity index is 365. The Labute approximate surface area is 102 Å². The number of para-hydroxylation sites is 1. The summed E-state index contributed by atoms with van der Waals surface area (Å²) >= 11 is 0. The Kier molecular flexibility index (Phi) is 5.66. The number of carbonyl (C=O) groups excluding carboxylic acids is 1. The maximum atomic E-state index is 11.9. The van der Waals surface area contributed by atoms with Crippen LogP contribution in [0.2, 0.25) is 0 Å². The Hall–Kier alpha value is -1.39. The molecule has 4 nitrogen and oxygen atoms in total. The maximum Gasteiger partial charge on any atom is 0.209 e. The molecule has 94 valence electrons. The lowest BCUT2D eigenvalue weighted by molar-refractivity contribution is 0.0620. The normalized spacial score (nSPS) is 12.2. The van der Waals surface area contributed by atoms with Crippen LogP contribution in [0.15, 0.2) is 24.3 Å². The van der Waals surface area contributed by atoms with Crippen molar-refractivity contribution < 1.29 is 14.3 Å². The SMILES string of the molecule is CCCCOc1ccccc1C(=O)C(N)OC. The molecular formula is C13H19NO3. The molecule has 1 aromatic rings. The Morgan fingerprint density at radius 3 is 2.76 bits per heavy atom. The average Bonchev–Trinajstić information content (AvgIpc) is 2.38. The van der Waals surface area contributed by atoms with Crippen LogP contribution >= 0.6 is 0 Å². The second-order valence-electron chi connectivity index (χ2n) is 3.72. The van der Waals surface area contributed by atoms with Crippen LogP contribution in [0.3, 0.4) is 0 Å². The first-order valence-corrected chi connectivity index (χ1v) is 5.75. The third-order valence-electron chi connectivity index (χ3n) is 2.42. The van der Waals surface area contributed by atoms with Crippen LogP contribution in [0.4, 0.5) is 0 Å². The molecule has 0 fully saturated rings. The summed E-state index contributed by atoms with van der Waals surface area (Å²) in [5.74, 6) is 0.304. The van der Waals surface area contributed by atoms with E-state index in [1.165, 1.54) is 7.11 Å². The lowest BCUT2D eigenvalue weighted by atomic mass is 10.1. The number of nitrogens with two attached hydrogens (primary N) is 1. The van der Waals surface area contributed by atoms with Gasteiger partial charge in [0.25, 0.3) is 0 Å². The number of unbranched alkanes of at least 4 members (excludes halogenated alkanes) is 1. The van der Waals surface area contributed by atoms with Gasteiger partial charge in [0, 0.05) is 7.11 Å². The zero-order valence-corrected chi connectivity index (χ0v) is 10.3. The zero-order chi connectivity index (χ0) is 12.7. The average molecular weight is 237 g/mol. The first-order valence-electron chi connectivity index (χ1n) is 5.75. The molecule has 0 heterocycles. The molecule has 1 unspecified atom stereocenters. The van der Waals surface area contributed by atoms with Crippen LogP contribution in [-0.2, 0) is 4.74 Å². The highest BCUT2D eigenvalue weighted by atomic mass is 16.5. The smallest absolute Gasteiger partial charge is 0.209 e. The van der Waals surface area contributed by atoms with E-state index in [1.807, 2.05) is 6.07 Å². The Morgan fingerprint density at radius 1 is 1.41 bits per heavy atom. The van der Waals surface area contributed by atoms with Crippen LogP contribution in [0.1, 0.15) is 30.1 Å². The first-order chi connectivity index (χ1) is 8.20. The molecule has 0 aliphatic rings. The second-order valence-corrected chi connectivity index (χ2v) is 3.72.